The van der Waals surface area contributed by atoms with E-state index < -0.39 is 0 Å². The second-order valence-electron chi connectivity index (χ2n) is 7.13. The Morgan fingerprint density at radius 3 is 2.85 bits per heavy atom. The molecule has 2 unspecified atom stereocenters. The summed E-state index contributed by atoms with van der Waals surface area (Å²) in [6.07, 6.45) is 8.88. The second-order valence-corrected chi connectivity index (χ2v) is 7.13. The molecule has 2 atom stereocenters. The topological polar surface area (TPSA) is 32.6 Å². The zero-order valence-corrected chi connectivity index (χ0v) is 12.2. The number of aliphatic hydroxyl groups excluding tert-OH is 1. The number of aliphatic hydroxyl groups is 1. The first-order chi connectivity index (χ1) is 9.66. The molecule has 2 aliphatic carbocycles. The maximum absolute atomic E-state index is 9.64. The lowest BCUT2D eigenvalue weighted by Crippen LogP contribution is -2.24. The Hall–Kier alpha value is -1.15. The fourth-order valence-corrected chi connectivity index (χ4v) is 4.28. The normalized spacial score (nSPS) is 38.2. The van der Waals surface area contributed by atoms with Crippen LogP contribution in [-0.4, -0.2) is 23.0 Å². The Balaban J connectivity index is 1.52. The summed E-state index contributed by atoms with van der Waals surface area (Å²) in [6.45, 7) is 2.18. The Bertz CT molecular complexity index is 557. The van der Waals surface area contributed by atoms with Crippen molar-refractivity contribution in [2.45, 2.75) is 63.0 Å². The van der Waals surface area contributed by atoms with Gasteiger partial charge >= 0.3 is 0 Å². The molecule has 2 heteroatoms. The van der Waals surface area contributed by atoms with E-state index in [2.05, 4.69) is 31.3 Å². The van der Waals surface area contributed by atoms with Crippen molar-refractivity contribution >= 4 is 6.21 Å². The van der Waals surface area contributed by atoms with E-state index in [1.165, 1.54) is 42.4 Å². The monoisotopic (exact) mass is 269 g/mol. The summed E-state index contributed by atoms with van der Waals surface area (Å²) in [4.78, 5) is 4.93. The summed E-state index contributed by atoms with van der Waals surface area (Å²) in [5, 5.41) is 9.64. The number of fused-ring (bicyclic) bond motifs is 3. The largest absolute Gasteiger partial charge is 0.393 e. The average molecular weight is 269 g/mol. The molecule has 0 radical (unpaired) electrons. The lowest BCUT2D eigenvalue weighted by atomic mass is 9.81. The summed E-state index contributed by atoms with van der Waals surface area (Å²) < 4.78 is 0. The Kier molecular flexibility index (Phi) is 2.78. The lowest BCUT2D eigenvalue weighted by Gasteiger charge is -2.29. The number of hydrogen-bond donors (Lipinski definition) is 1. The van der Waals surface area contributed by atoms with Crippen LogP contribution in [0.25, 0.3) is 0 Å². The summed E-state index contributed by atoms with van der Waals surface area (Å²) in [7, 11) is 0. The van der Waals surface area contributed by atoms with Gasteiger partial charge in [-0.05, 0) is 62.5 Å². The van der Waals surface area contributed by atoms with E-state index in [1.54, 1.807) is 0 Å². The molecule has 106 valence electrons. The van der Waals surface area contributed by atoms with Gasteiger partial charge in [-0.2, -0.15) is 0 Å². The molecule has 0 saturated heterocycles. The fourth-order valence-electron chi connectivity index (χ4n) is 4.28. The van der Waals surface area contributed by atoms with Crippen LogP contribution in [0, 0.1) is 12.8 Å². The smallest absolute Gasteiger partial charge is 0.0687 e. The molecular formula is C18H23NO. The van der Waals surface area contributed by atoms with Gasteiger partial charge in [-0.1, -0.05) is 23.8 Å². The van der Waals surface area contributed by atoms with Gasteiger partial charge in [-0.3, -0.25) is 4.99 Å². The molecule has 1 N–H and O–H groups in total. The van der Waals surface area contributed by atoms with Crippen molar-refractivity contribution in [1.29, 1.82) is 0 Å². The standard InChI is InChI=1S/C18H23NO/c1-12-2-5-14-11-19-18(10-17(18)16(14)8-12)9-13-3-6-15(20)7-4-13/h2,5,8,11,13,15,17,20H,3-4,6-7,9-10H2,1H3. The van der Waals surface area contributed by atoms with Crippen molar-refractivity contribution in [3.63, 3.8) is 0 Å². The third kappa shape index (κ3) is 2.01. The van der Waals surface area contributed by atoms with Gasteiger partial charge in [0.05, 0.1) is 11.6 Å². The molecule has 3 aliphatic rings. The summed E-state index contributed by atoms with van der Waals surface area (Å²) in [5.41, 5.74) is 4.43. The van der Waals surface area contributed by atoms with Crippen LogP contribution >= 0.6 is 0 Å². The first-order valence-electron chi connectivity index (χ1n) is 8.00. The average Bonchev–Trinajstić information content (AvgIpc) is 3.16. The van der Waals surface area contributed by atoms with Crippen molar-refractivity contribution in [1.82, 2.24) is 0 Å². The van der Waals surface area contributed by atoms with Crippen molar-refractivity contribution < 1.29 is 5.11 Å². The van der Waals surface area contributed by atoms with Gasteiger partial charge in [0, 0.05) is 12.1 Å². The van der Waals surface area contributed by atoms with Crippen LogP contribution in [0.1, 0.15) is 61.1 Å². The lowest BCUT2D eigenvalue weighted by molar-refractivity contribution is 0.103. The molecule has 1 aromatic carbocycles. The minimum atomic E-state index is -0.0445. The first-order valence-corrected chi connectivity index (χ1v) is 8.00. The highest BCUT2D eigenvalue weighted by molar-refractivity contribution is 5.85. The Morgan fingerprint density at radius 2 is 2.05 bits per heavy atom. The quantitative estimate of drug-likeness (QED) is 0.874. The van der Waals surface area contributed by atoms with Gasteiger partial charge in [-0.15, -0.1) is 0 Å². The van der Waals surface area contributed by atoms with E-state index in [0.29, 0.717) is 5.92 Å². The van der Waals surface area contributed by atoms with Gasteiger partial charge in [0.15, 0.2) is 0 Å². The number of benzene rings is 1. The van der Waals surface area contributed by atoms with Gasteiger partial charge in [0.2, 0.25) is 0 Å². The van der Waals surface area contributed by atoms with E-state index in [1.807, 2.05) is 0 Å². The Labute approximate surface area is 120 Å². The van der Waals surface area contributed by atoms with Crippen LogP contribution < -0.4 is 0 Å². The minimum Gasteiger partial charge on any atom is -0.393 e. The van der Waals surface area contributed by atoms with Crippen LogP contribution in [-0.2, 0) is 0 Å². The molecule has 1 aromatic rings. The zero-order chi connectivity index (χ0) is 13.7. The maximum atomic E-state index is 9.64. The third-order valence-corrected chi connectivity index (χ3v) is 5.58. The number of aryl methyl sites for hydroxylation is 1. The van der Waals surface area contributed by atoms with E-state index in [-0.39, 0.29) is 11.6 Å². The summed E-state index contributed by atoms with van der Waals surface area (Å²) in [5.74, 6) is 1.43. The van der Waals surface area contributed by atoms with E-state index in [9.17, 15) is 5.11 Å². The number of aliphatic imine (C=N–C) groups is 1. The molecule has 1 heterocycles. The van der Waals surface area contributed by atoms with Gasteiger partial charge < -0.3 is 5.11 Å². The van der Waals surface area contributed by atoms with Crippen LogP contribution in [0.2, 0.25) is 0 Å². The first kappa shape index (κ1) is 12.6. The van der Waals surface area contributed by atoms with E-state index in [0.717, 1.165) is 18.8 Å². The highest BCUT2D eigenvalue weighted by Crippen LogP contribution is 2.60. The molecule has 4 rings (SSSR count). The van der Waals surface area contributed by atoms with E-state index >= 15 is 0 Å². The second kappa shape index (κ2) is 4.42. The molecule has 2 nitrogen and oxygen atoms in total. The molecule has 0 aromatic heterocycles. The molecule has 0 bridgehead atoms. The number of hydrogen-bond acceptors (Lipinski definition) is 2. The molecular weight excluding hydrogens is 246 g/mol. The van der Waals surface area contributed by atoms with Crippen LogP contribution in [0.5, 0.6) is 0 Å². The predicted octanol–water partition coefficient (Wildman–Crippen LogP) is 3.59. The van der Waals surface area contributed by atoms with Crippen molar-refractivity contribution in [3.8, 4) is 0 Å². The third-order valence-electron chi connectivity index (χ3n) is 5.58. The number of rotatable bonds is 2. The Morgan fingerprint density at radius 1 is 1.25 bits per heavy atom. The van der Waals surface area contributed by atoms with Crippen molar-refractivity contribution in [2.75, 3.05) is 0 Å². The highest BCUT2D eigenvalue weighted by atomic mass is 16.3. The van der Waals surface area contributed by atoms with Crippen LogP contribution in [0.3, 0.4) is 0 Å². The van der Waals surface area contributed by atoms with Crippen LogP contribution in [0.4, 0.5) is 0 Å². The van der Waals surface area contributed by atoms with E-state index in [4.69, 9.17) is 4.99 Å². The number of nitrogens with zero attached hydrogens (tertiary/aromatic N) is 1. The molecule has 0 spiro atoms. The van der Waals surface area contributed by atoms with Gasteiger partial charge in [0.1, 0.15) is 0 Å². The summed E-state index contributed by atoms with van der Waals surface area (Å²) in [6, 6.07) is 6.76. The summed E-state index contributed by atoms with van der Waals surface area (Å²) >= 11 is 0. The predicted molar refractivity (Wildman–Crippen MR) is 81.4 cm³/mol. The minimum absolute atomic E-state index is 0.0445. The fraction of sp³-hybridized carbons (Fsp3) is 0.611. The molecule has 20 heavy (non-hydrogen) atoms. The van der Waals surface area contributed by atoms with Crippen molar-refractivity contribution in [2.24, 2.45) is 10.9 Å². The molecule has 2 saturated carbocycles. The van der Waals surface area contributed by atoms with Crippen molar-refractivity contribution in [3.05, 3.63) is 34.9 Å². The highest BCUT2D eigenvalue weighted by Gasteiger charge is 2.57. The van der Waals surface area contributed by atoms with Gasteiger partial charge in [-0.25, -0.2) is 0 Å². The molecule has 2 fully saturated rings. The SMILES string of the molecule is Cc1ccc2c(c1)C1CC1(CC1CCC(O)CC1)N=C2. The molecule has 0 amide bonds. The zero-order valence-electron chi connectivity index (χ0n) is 12.2. The molecule has 1 aliphatic heterocycles. The van der Waals surface area contributed by atoms with Crippen LogP contribution in [0.15, 0.2) is 23.2 Å². The maximum Gasteiger partial charge on any atom is 0.0687 e. The van der Waals surface area contributed by atoms with Gasteiger partial charge in [0.25, 0.3) is 0 Å².